The first-order chi connectivity index (χ1) is 14.2. The van der Waals surface area contributed by atoms with E-state index in [9.17, 15) is 17.6 Å². The lowest BCUT2D eigenvalue weighted by Crippen LogP contribution is -2.28. The summed E-state index contributed by atoms with van der Waals surface area (Å²) in [6.07, 6.45) is 0. The van der Waals surface area contributed by atoms with Gasteiger partial charge in [0, 0.05) is 12.7 Å². The summed E-state index contributed by atoms with van der Waals surface area (Å²) in [7, 11) is -2.55. The fraction of sp³-hybridized carbons (Fsp3) is 0.190. The molecule has 1 N–H and O–H groups in total. The molecule has 0 bridgehead atoms. The molecule has 1 amide bonds. The molecule has 2 aromatic carbocycles. The molecule has 1 heterocycles. The molecular formula is C21H21FN2O4S2. The van der Waals surface area contributed by atoms with Gasteiger partial charge in [-0.25, -0.2) is 12.8 Å². The molecule has 0 saturated heterocycles. The SMILES string of the molecule is CCOc1ccc(N(C)S(=O)(=O)c2ccsc2C(=O)Nc2ccc(F)c(C)c2)cc1. The summed E-state index contributed by atoms with van der Waals surface area (Å²) < 4.78 is 46.2. The number of hydrogen-bond donors (Lipinski definition) is 1. The number of nitrogens with one attached hydrogen (secondary N) is 1. The minimum Gasteiger partial charge on any atom is -0.494 e. The molecule has 3 rings (SSSR count). The van der Waals surface area contributed by atoms with Crippen molar-refractivity contribution in [3.63, 3.8) is 0 Å². The number of amides is 1. The summed E-state index contributed by atoms with van der Waals surface area (Å²) in [6, 6.07) is 12.2. The van der Waals surface area contributed by atoms with E-state index in [0.29, 0.717) is 29.3 Å². The third kappa shape index (κ3) is 4.47. The molecule has 0 spiro atoms. The number of carbonyl (C=O) groups excluding carboxylic acids is 1. The molecule has 0 aliphatic carbocycles. The minimum atomic E-state index is -3.97. The molecule has 1 aromatic heterocycles. The number of nitrogens with zero attached hydrogens (tertiary/aromatic N) is 1. The summed E-state index contributed by atoms with van der Waals surface area (Å²) in [6.45, 7) is 3.95. The Bertz CT molecular complexity index is 1160. The van der Waals surface area contributed by atoms with Gasteiger partial charge in [-0.15, -0.1) is 11.3 Å². The summed E-state index contributed by atoms with van der Waals surface area (Å²) >= 11 is 1.02. The van der Waals surface area contributed by atoms with Crippen molar-refractivity contribution in [1.82, 2.24) is 0 Å². The van der Waals surface area contributed by atoms with Crippen LogP contribution in [0.3, 0.4) is 0 Å². The Kier molecular flexibility index (Phi) is 6.42. The number of carbonyl (C=O) groups is 1. The van der Waals surface area contributed by atoms with E-state index in [-0.39, 0.29) is 15.6 Å². The van der Waals surface area contributed by atoms with Crippen molar-refractivity contribution < 1.29 is 22.3 Å². The third-order valence-electron chi connectivity index (χ3n) is 4.40. The van der Waals surface area contributed by atoms with Crippen LogP contribution >= 0.6 is 11.3 Å². The zero-order valence-corrected chi connectivity index (χ0v) is 18.3. The molecule has 9 heteroatoms. The Morgan fingerprint density at radius 1 is 1.17 bits per heavy atom. The van der Waals surface area contributed by atoms with Gasteiger partial charge in [-0.3, -0.25) is 9.10 Å². The van der Waals surface area contributed by atoms with Crippen molar-refractivity contribution in [3.8, 4) is 5.75 Å². The topological polar surface area (TPSA) is 75.7 Å². The number of halogens is 1. The number of anilines is 2. The lowest BCUT2D eigenvalue weighted by Gasteiger charge is -2.20. The van der Waals surface area contributed by atoms with Crippen LogP contribution in [0, 0.1) is 12.7 Å². The minimum absolute atomic E-state index is 0.0507. The van der Waals surface area contributed by atoms with Gasteiger partial charge < -0.3 is 10.1 Å². The average Bonchev–Trinajstić information content (AvgIpc) is 3.22. The van der Waals surface area contributed by atoms with Crippen molar-refractivity contribution in [2.75, 3.05) is 23.3 Å². The fourth-order valence-corrected chi connectivity index (χ4v) is 5.27. The molecular weight excluding hydrogens is 427 g/mol. The van der Waals surface area contributed by atoms with Crippen LogP contribution in [0.15, 0.2) is 58.8 Å². The first kappa shape index (κ1) is 21.8. The van der Waals surface area contributed by atoms with E-state index < -0.39 is 15.9 Å². The molecule has 0 atom stereocenters. The van der Waals surface area contributed by atoms with E-state index in [4.69, 9.17) is 4.74 Å². The normalized spacial score (nSPS) is 11.2. The van der Waals surface area contributed by atoms with Crippen LogP contribution in [0.1, 0.15) is 22.2 Å². The zero-order chi connectivity index (χ0) is 21.9. The molecule has 30 heavy (non-hydrogen) atoms. The second kappa shape index (κ2) is 8.85. The van der Waals surface area contributed by atoms with E-state index in [2.05, 4.69) is 5.32 Å². The second-order valence-electron chi connectivity index (χ2n) is 6.43. The highest BCUT2D eigenvalue weighted by Crippen LogP contribution is 2.29. The Labute approximate surface area is 179 Å². The number of thiophene rings is 1. The molecule has 0 fully saturated rings. The largest absolute Gasteiger partial charge is 0.494 e. The number of ether oxygens (including phenoxy) is 1. The van der Waals surface area contributed by atoms with Crippen LogP contribution in [0.5, 0.6) is 5.75 Å². The summed E-state index contributed by atoms with van der Waals surface area (Å²) in [5, 5.41) is 4.18. The van der Waals surface area contributed by atoms with Crippen molar-refractivity contribution in [3.05, 3.63) is 70.2 Å². The Morgan fingerprint density at radius 2 is 1.87 bits per heavy atom. The monoisotopic (exact) mass is 448 g/mol. The van der Waals surface area contributed by atoms with E-state index in [1.807, 2.05) is 6.92 Å². The first-order valence-corrected chi connectivity index (χ1v) is 11.4. The Hall–Kier alpha value is -2.91. The van der Waals surface area contributed by atoms with Crippen LogP contribution in [-0.4, -0.2) is 28.0 Å². The molecule has 0 aliphatic heterocycles. The Balaban J connectivity index is 1.86. The van der Waals surface area contributed by atoms with Gasteiger partial charge in [0.25, 0.3) is 15.9 Å². The summed E-state index contributed by atoms with van der Waals surface area (Å²) in [5.74, 6) is -0.323. The van der Waals surface area contributed by atoms with Crippen molar-refractivity contribution in [1.29, 1.82) is 0 Å². The maximum absolute atomic E-state index is 13.4. The van der Waals surface area contributed by atoms with E-state index in [1.54, 1.807) is 36.6 Å². The van der Waals surface area contributed by atoms with Crippen LogP contribution < -0.4 is 14.4 Å². The van der Waals surface area contributed by atoms with Crippen LogP contribution in [0.25, 0.3) is 0 Å². The molecule has 158 valence electrons. The highest BCUT2D eigenvalue weighted by molar-refractivity contribution is 7.93. The third-order valence-corrected chi connectivity index (χ3v) is 7.27. The summed E-state index contributed by atoms with van der Waals surface area (Å²) in [4.78, 5) is 12.7. The number of sulfonamides is 1. The zero-order valence-electron chi connectivity index (χ0n) is 16.7. The lowest BCUT2D eigenvalue weighted by atomic mass is 10.2. The number of rotatable bonds is 7. The second-order valence-corrected chi connectivity index (χ2v) is 9.29. The van der Waals surface area contributed by atoms with Gasteiger partial charge >= 0.3 is 0 Å². The summed E-state index contributed by atoms with van der Waals surface area (Å²) in [5.41, 5.74) is 1.20. The van der Waals surface area contributed by atoms with E-state index >= 15 is 0 Å². The molecule has 0 saturated carbocycles. The molecule has 3 aromatic rings. The van der Waals surface area contributed by atoms with Gasteiger partial charge in [0.1, 0.15) is 21.3 Å². The van der Waals surface area contributed by atoms with Crippen molar-refractivity contribution in [2.45, 2.75) is 18.7 Å². The molecule has 0 aliphatic rings. The smallest absolute Gasteiger partial charge is 0.267 e. The molecule has 0 unspecified atom stereocenters. The number of hydrogen-bond acceptors (Lipinski definition) is 5. The van der Waals surface area contributed by atoms with Crippen LogP contribution in [0.2, 0.25) is 0 Å². The van der Waals surface area contributed by atoms with Gasteiger partial charge in [-0.2, -0.15) is 0 Å². The number of benzene rings is 2. The highest BCUT2D eigenvalue weighted by atomic mass is 32.2. The quantitative estimate of drug-likeness (QED) is 0.570. The van der Waals surface area contributed by atoms with Crippen molar-refractivity contribution >= 4 is 38.6 Å². The standard InChI is InChI=1S/C21H21FN2O4S2/c1-4-28-17-8-6-16(7-9-17)24(3)30(26,27)19-11-12-29-20(19)21(25)23-15-5-10-18(22)14(2)13-15/h5-13H,4H2,1-3H3,(H,23,25). The molecule has 6 nitrogen and oxygen atoms in total. The van der Waals surface area contributed by atoms with Crippen LogP contribution in [0.4, 0.5) is 15.8 Å². The van der Waals surface area contributed by atoms with Gasteiger partial charge in [0.15, 0.2) is 0 Å². The van der Waals surface area contributed by atoms with E-state index in [1.165, 1.54) is 31.3 Å². The lowest BCUT2D eigenvalue weighted by molar-refractivity contribution is 0.102. The predicted molar refractivity (Wildman–Crippen MR) is 117 cm³/mol. The average molecular weight is 449 g/mol. The highest BCUT2D eigenvalue weighted by Gasteiger charge is 2.28. The van der Waals surface area contributed by atoms with Gasteiger partial charge in [-0.05, 0) is 73.3 Å². The predicted octanol–water partition coefficient (Wildman–Crippen LogP) is 4.67. The first-order valence-electron chi connectivity index (χ1n) is 9.11. The number of aryl methyl sites for hydroxylation is 1. The van der Waals surface area contributed by atoms with E-state index in [0.717, 1.165) is 15.6 Å². The maximum Gasteiger partial charge on any atom is 0.267 e. The van der Waals surface area contributed by atoms with Gasteiger partial charge in [0.05, 0.1) is 12.3 Å². The van der Waals surface area contributed by atoms with Gasteiger partial charge in [-0.1, -0.05) is 0 Å². The fourth-order valence-electron chi connectivity index (χ4n) is 2.78. The van der Waals surface area contributed by atoms with Crippen molar-refractivity contribution in [2.24, 2.45) is 0 Å². The maximum atomic E-state index is 13.4. The van der Waals surface area contributed by atoms with Crippen LogP contribution in [-0.2, 0) is 10.0 Å². The Morgan fingerprint density at radius 3 is 2.50 bits per heavy atom. The molecule has 0 radical (unpaired) electrons. The van der Waals surface area contributed by atoms with Gasteiger partial charge in [0.2, 0.25) is 0 Å².